The average molecular weight is 251 g/mol. The van der Waals surface area contributed by atoms with E-state index in [1.165, 1.54) is 12.8 Å². The quantitative estimate of drug-likeness (QED) is 0.685. The molecule has 0 aliphatic heterocycles. The topological polar surface area (TPSA) is 44.5 Å². The van der Waals surface area contributed by atoms with Gasteiger partial charge >= 0.3 is 0 Å². The van der Waals surface area contributed by atoms with Crippen molar-refractivity contribution in [2.75, 3.05) is 19.8 Å². The molecular weight excluding hydrogens is 226 g/mol. The maximum atomic E-state index is 6.14. The van der Waals surface area contributed by atoms with Crippen LogP contribution in [0.2, 0.25) is 0 Å². The lowest BCUT2D eigenvalue weighted by Gasteiger charge is -2.16. The first-order chi connectivity index (χ1) is 8.79. The fraction of sp³-hybridized carbons (Fsp3) is 0.600. The number of para-hydroxylation sites is 1. The van der Waals surface area contributed by atoms with Crippen molar-refractivity contribution in [2.24, 2.45) is 5.73 Å². The predicted octanol–water partition coefficient (Wildman–Crippen LogP) is 3.29. The molecule has 1 aromatic rings. The summed E-state index contributed by atoms with van der Waals surface area (Å²) in [5.74, 6) is 0.865. The summed E-state index contributed by atoms with van der Waals surface area (Å²) < 4.78 is 11.2. The van der Waals surface area contributed by atoms with Crippen LogP contribution in [0.1, 0.15) is 44.7 Å². The van der Waals surface area contributed by atoms with Crippen molar-refractivity contribution in [1.29, 1.82) is 0 Å². The third kappa shape index (κ3) is 5.07. The fourth-order valence-electron chi connectivity index (χ4n) is 1.83. The summed E-state index contributed by atoms with van der Waals surface area (Å²) in [6, 6.07) is 7.79. The van der Waals surface area contributed by atoms with E-state index in [1.54, 1.807) is 0 Å². The summed E-state index contributed by atoms with van der Waals surface area (Å²) in [7, 11) is 0. The molecule has 1 atom stereocenters. The molecule has 0 saturated heterocycles. The normalized spacial score (nSPS) is 12.4. The largest absolute Gasteiger partial charge is 0.494 e. The molecular formula is C15H25NO2. The molecule has 1 unspecified atom stereocenters. The van der Waals surface area contributed by atoms with E-state index in [2.05, 4.69) is 6.92 Å². The second-order valence-corrected chi connectivity index (χ2v) is 4.36. The van der Waals surface area contributed by atoms with Crippen molar-refractivity contribution in [1.82, 2.24) is 0 Å². The van der Waals surface area contributed by atoms with Gasteiger partial charge in [0.25, 0.3) is 0 Å². The smallest absolute Gasteiger partial charge is 0.124 e. The Morgan fingerprint density at radius 2 is 1.94 bits per heavy atom. The van der Waals surface area contributed by atoms with Gasteiger partial charge in [-0.1, -0.05) is 38.0 Å². The molecule has 0 amide bonds. The minimum absolute atomic E-state index is 0.116. The van der Waals surface area contributed by atoms with Crippen molar-refractivity contribution in [2.45, 2.75) is 39.2 Å². The predicted molar refractivity (Wildman–Crippen MR) is 74.9 cm³/mol. The van der Waals surface area contributed by atoms with Crippen LogP contribution >= 0.6 is 0 Å². The summed E-state index contributed by atoms with van der Waals surface area (Å²) in [4.78, 5) is 0. The van der Waals surface area contributed by atoms with Crippen LogP contribution in [-0.2, 0) is 4.74 Å². The minimum atomic E-state index is -0.116. The second-order valence-electron chi connectivity index (χ2n) is 4.36. The summed E-state index contributed by atoms with van der Waals surface area (Å²) in [5.41, 5.74) is 7.16. The van der Waals surface area contributed by atoms with Crippen LogP contribution in [0.4, 0.5) is 0 Å². The van der Waals surface area contributed by atoms with Crippen LogP contribution < -0.4 is 10.5 Å². The average Bonchev–Trinajstić information content (AvgIpc) is 2.39. The summed E-state index contributed by atoms with van der Waals surface area (Å²) >= 11 is 0. The van der Waals surface area contributed by atoms with Crippen LogP contribution in [0, 0.1) is 0 Å². The molecule has 102 valence electrons. The molecule has 0 radical (unpaired) electrons. The highest BCUT2D eigenvalue weighted by atomic mass is 16.5. The molecule has 0 spiro atoms. The number of benzene rings is 1. The van der Waals surface area contributed by atoms with Crippen molar-refractivity contribution >= 4 is 0 Å². The SMILES string of the molecule is CCCCCOCC(N)c1ccccc1OCC. The van der Waals surface area contributed by atoms with Gasteiger partial charge in [-0.2, -0.15) is 0 Å². The third-order valence-electron chi connectivity index (χ3n) is 2.81. The highest BCUT2D eigenvalue weighted by Crippen LogP contribution is 2.23. The highest BCUT2D eigenvalue weighted by molar-refractivity contribution is 5.35. The Kier molecular flexibility index (Phi) is 7.46. The third-order valence-corrected chi connectivity index (χ3v) is 2.81. The van der Waals surface area contributed by atoms with Gasteiger partial charge in [0.15, 0.2) is 0 Å². The lowest BCUT2D eigenvalue weighted by Crippen LogP contribution is -2.18. The van der Waals surface area contributed by atoms with E-state index in [4.69, 9.17) is 15.2 Å². The molecule has 18 heavy (non-hydrogen) atoms. The second kappa shape index (κ2) is 8.95. The van der Waals surface area contributed by atoms with E-state index < -0.39 is 0 Å². The Bertz CT molecular complexity index is 328. The Hall–Kier alpha value is -1.06. The van der Waals surface area contributed by atoms with Crippen molar-refractivity contribution < 1.29 is 9.47 Å². The monoisotopic (exact) mass is 251 g/mol. The molecule has 3 nitrogen and oxygen atoms in total. The molecule has 0 aliphatic carbocycles. The van der Waals surface area contributed by atoms with Gasteiger partial charge < -0.3 is 15.2 Å². The number of ether oxygens (including phenoxy) is 2. The Balaban J connectivity index is 2.42. The van der Waals surface area contributed by atoms with Gasteiger partial charge in [0.05, 0.1) is 19.3 Å². The maximum absolute atomic E-state index is 6.14. The summed E-state index contributed by atoms with van der Waals surface area (Å²) in [5, 5.41) is 0. The molecule has 0 heterocycles. The molecule has 0 fully saturated rings. The molecule has 0 aliphatic rings. The molecule has 0 bridgehead atoms. The van der Waals surface area contributed by atoms with Crippen molar-refractivity contribution in [3.8, 4) is 5.75 Å². The molecule has 1 rings (SSSR count). The highest BCUT2D eigenvalue weighted by Gasteiger charge is 2.11. The van der Waals surface area contributed by atoms with Crippen LogP contribution in [-0.4, -0.2) is 19.8 Å². The number of unbranched alkanes of at least 4 members (excludes halogenated alkanes) is 2. The Labute approximate surface area is 110 Å². The van der Waals surface area contributed by atoms with E-state index in [1.807, 2.05) is 31.2 Å². The van der Waals surface area contributed by atoms with Crippen LogP contribution in [0.3, 0.4) is 0 Å². The van der Waals surface area contributed by atoms with Gasteiger partial charge in [0, 0.05) is 12.2 Å². The number of nitrogens with two attached hydrogens (primary N) is 1. The van der Waals surface area contributed by atoms with Crippen LogP contribution in [0.15, 0.2) is 24.3 Å². The summed E-state index contributed by atoms with van der Waals surface area (Å²) in [6.45, 7) is 6.15. The summed E-state index contributed by atoms with van der Waals surface area (Å²) in [6.07, 6.45) is 3.53. The van der Waals surface area contributed by atoms with Gasteiger partial charge in [-0.3, -0.25) is 0 Å². The van der Waals surface area contributed by atoms with Crippen molar-refractivity contribution in [3.05, 3.63) is 29.8 Å². The van der Waals surface area contributed by atoms with E-state index in [0.717, 1.165) is 24.3 Å². The lowest BCUT2D eigenvalue weighted by atomic mass is 10.1. The number of hydrogen-bond acceptors (Lipinski definition) is 3. The number of rotatable bonds is 9. The van der Waals surface area contributed by atoms with E-state index >= 15 is 0 Å². The molecule has 0 saturated carbocycles. The van der Waals surface area contributed by atoms with E-state index in [0.29, 0.717) is 13.2 Å². The van der Waals surface area contributed by atoms with Crippen LogP contribution in [0.25, 0.3) is 0 Å². The van der Waals surface area contributed by atoms with Gasteiger partial charge in [-0.05, 0) is 19.4 Å². The van der Waals surface area contributed by atoms with E-state index in [9.17, 15) is 0 Å². The van der Waals surface area contributed by atoms with E-state index in [-0.39, 0.29) is 6.04 Å². The zero-order chi connectivity index (χ0) is 13.2. The zero-order valence-electron chi connectivity index (χ0n) is 11.5. The first kappa shape index (κ1) is 15.0. The van der Waals surface area contributed by atoms with Crippen LogP contribution in [0.5, 0.6) is 5.75 Å². The first-order valence-electron chi connectivity index (χ1n) is 6.84. The lowest BCUT2D eigenvalue weighted by molar-refractivity contribution is 0.116. The maximum Gasteiger partial charge on any atom is 0.124 e. The molecule has 1 aromatic carbocycles. The van der Waals surface area contributed by atoms with Gasteiger partial charge in [0.2, 0.25) is 0 Å². The fourth-order valence-corrected chi connectivity index (χ4v) is 1.83. The number of hydrogen-bond donors (Lipinski definition) is 1. The zero-order valence-corrected chi connectivity index (χ0v) is 11.5. The standard InChI is InChI=1S/C15H25NO2/c1-3-5-8-11-17-12-14(16)13-9-6-7-10-15(13)18-4-2/h6-7,9-10,14H,3-5,8,11-12,16H2,1-2H3. The first-order valence-corrected chi connectivity index (χ1v) is 6.84. The Morgan fingerprint density at radius 1 is 1.17 bits per heavy atom. The minimum Gasteiger partial charge on any atom is -0.494 e. The van der Waals surface area contributed by atoms with Crippen molar-refractivity contribution in [3.63, 3.8) is 0 Å². The van der Waals surface area contributed by atoms with Gasteiger partial charge in [-0.15, -0.1) is 0 Å². The van der Waals surface area contributed by atoms with Gasteiger partial charge in [-0.25, -0.2) is 0 Å². The Morgan fingerprint density at radius 3 is 2.67 bits per heavy atom. The molecule has 3 heteroatoms. The molecule has 0 aromatic heterocycles. The van der Waals surface area contributed by atoms with Gasteiger partial charge in [0.1, 0.15) is 5.75 Å². The molecule has 2 N–H and O–H groups in total.